The van der Waals surface area contributed by atoms with Crippen LogP contribution in [-0.2, 0) is 20.7 Å². The van der Waals surface area contributed by atoms with E-state index >= 15 is 0 Å². The van der Waals surface area contributed by atoms with Gasteiger partial charge in [0.15, 0.2) is 0 Å². The fourth-order valence-corrected chi connectivity index (χ4v) is 7.12. The number of nitrogens with two attached hydrogens (primary N) is 1. The summed E-state index contributed by atoms with van der Waals surface area (Å²) in [5.41, 5.74) is 10.8. The molecule has 220 valence electrons. The smallest absolute Gasteiger partial charge is 0.297 e. The standard InChI is InChI=1S/C33H32N4O5S/c1-21-7-12-26(13-8-21)43(39,40)41-19-33(38)16-25(17-33)37-18-27(30-31(34)35-20-36-32(30)37)24-10-9-23-11-14-28(42-29(23)15-24)22-5-3-2-4-6-22/h2-10,12-13,15,18,20,25,28,38H,11,14,16-17,19H2,1H3,(H2,34,35,36). The van der Waals surface area contributed by atoms with Crippen molar-refractivity contribution in [2.24, 2.45) is 0 Å². The Balaban J connectivity index is 1.13. The molecule has 3 aromatic carbocycles. The van der Waals surface area contributed by atoms with Gasteiger partial charge in [-0.2, -0.15) is 8.42 Å². The molecular formula is C33H32N4O5S. The Labute approximate surface area is 250 Å². The number of rotatable bonds is 7. The van der Waals surface area contributed by atoms with Crippen LogP contribution in [0.5, 0.6) is 5.75 Å². The average Bonchev–Trinajstić information content (AvgIpc) is 3.39. The van der Waals surface area contributed by atoms with E-state index in [1.165, 1.54) is 18.5 Å². The minimum Gasteiger partial charge on any atom is -0.485 e. The van der Waals surface area contributed by atoms with Crippen molar-refractivity contribution in [3.8, 4) is 16.9 Å². The number of hydrogen-bond acceptors (Lipinski definition) is 8. The van der Waals surface area contributed by atoms with Gasteiger partial charge in [0.1, 0.15) is 29.6 Å². The molecule has 1 fully saturated rings. The van der Waals surface area contributed by atoms with E-state index in [0.717, 1.165) is 51.8 Å². The second-order valence-electron chi connectivity index (χ2n) is 11.6. The van der Waals surface area contributed by atoms with Gasteiger partial charge in [0.25, 0.3) is 10.1 Å². The van der Waals surface area contributed by atoms with Gasteiger partial charge in [-0.15, -0.1) is 0 Å². The number of anilines is 1. The summed E-state index contributed by atoms with van der Waals surface area (Å²) in [5, 5.41) is 11.8. The molecule has 1 aliphatic carbocycles. The molecule has 1 unspecified atom stereocenters. The van der Waals surface area contributed by atoms with Gasteiger partial charge in [-0.25, -0.2) is 9.97 Å². The Morgan fingerprint density at radius 1 is 1.07 bits per heavy atom. The van der Waals surface area contributed by atoms with Crippen LogP contribution in [0.1, 0.15) is 48.1 Å². The highest BCUT2D eigenvalue weighted by Crippen LogP contribution is 2.46. The first-order valence-corrected chi connectivity index (χ1v) is 15.7. The fourth-order valence-electron chi connectivity index (χ4n) is 6.14. The SMILES string of the molecule is Cc1ccc(S(=O)(=O)OCC2(O)CC(n3cc(-c4ccc5c(c4)OC(c4ccccc4)CC5)c4c(N)ncnc43)C2)cc1. The summed E-state index contributed by atoms with van der Waals surface area (Å²) in [6.45, 7) is 1.55. The van der Waals surface area contributed by atoms with Gasteiger partial charge in [-0.1, -0.05) is 60.2 Å². The molecule has 7 rings (SSSR count). The summed E-state index contributed by atoms with van der Waals surface area (Å²) >= 11 is 0. The van der Waals surface area contributed by atoms with Crippen LogP contribution in [0.15, 0.2) is 90.2 Å². The molecule has 10 heteroatoms. The molecule has 0 amide bonds. The maximum Gasteiger partial charge on any atom is 0.297 e. The first-order valence-electron chi connectivity index (χ1n) is 14.3. The van der Waals surface area contributed by atoms with Gasteiger partial charge in [0, 0.05) is 17.8 Å². The fraction of sp³-hybridized carbons (Fsp3) is 0.273. The highest BCUT2D eigenvalue weighted by Gasteiger charge is 2.45. The van der Waals surface area contributed by atoms with Crippen molar-refractivity contribution >= 4 is 27.0 Å². The zero-order chi connectivity index (χ0) is 29.8. The van der Waals surface area contributed by atoms with Gasteiger partial charge in [-0.05, 0) is 67.5 Å². The van der Waals surface area contributed by atoms with E-state index in [1.54, 1.807) is 12.1 Å². The lowest BCUT2D eigenvalue weighted by atomic mass is 9.76. The molecular weight excluding hydrogens is 564 g/mol. The number of aryl methyl sites for hydroxylation is 2. The molecule has 9 nitrogen and oxygen atoms in total. The molecule has 3 heterocycles. The predicted molar refractivity (Wildman–Crippen MR) is 163 cm³/mol. The number of benzene rings is 3. The summed E-state index contributed by atoms with van der Waals surface area (Å²) in [4.78, 5) is 8.86. The molecule has 1 atom stereocenters. The number of fused-ring (bicyclic) bond motifs is 2. The molecule has 0 radical (unpaired) electrons. The zero-order valence-corrected chi connectivity index (χ0v) is 24.5. The lowest BCUT2D eigenvalue weighted by Crippen LogP contribution is -2.48. The third kappa shape index (κ3) is 5.15. The van der Waals surface area contributed by atoms with Gasteiger partial charge >= 0.3 is 0 Å². The third-order valence-electron chi connectivity index (χ3n) is 8.55. The average molecular weight is 597 g/mol. The maximum absolute atomic E-state index is 12.7. The van der Waals surface area contributed by atoms with E-state index in [-0.39, 0.29) is 23.6 Å². The van der Waals surface area contributed by atoms with Gasteiger partial charge in [-0.3, -0.25) is 4.18 Å². The van der Waals surface area contributed by atoms with Gasteiger partial charge < -0.3 is 20.1 Å². The minimum absolute atomic E-state index is 0.0108. The van der Waals surface area contributed by atoms with Crippen molar-refractivity contribution in [3.05, 3.63) is 102 Å². The van der Waals surface area contributed by atoms with Crippen LogP contribution in [0.3, 0.4) is 0 Å². The summed E-state index contributed by atoms with van der Waals surface area (Å²) in [5.74, 6) is 1.21. The van der Waals surface area contributed by atoms with Crippen LogP contribution < -0.4 is 10.5 Å². The zero-order valence-electron chi connectivity index (χ0n) is 23.7. The molecule has 0 saturated heterocycles. The van der Waals surface area contributed by atoms with E-state index in [2.05, 4.69) is 40.3 Å². The highest BCUT2D eigenvalue weighted by atomic mass is 32.2. The van der Waals surface area contributed by atoms with Crippen LogP contribution in [0, 0.1) is 6.92 Å². The Kier molecular flexibility index (Phi) is 6.72. The lowest BCUT2D eigenvalue weighted by Gasteiger charge is -2.43. The Morgan fingerprint density at radius 3 is 2.60 bits per heavy atom. The van der Waals surface area contributed by atoms with Gasteiger partial charge in [0.2, 0.25) is 0 Å². The van der Waals surface area contributed by atoms with E-state index in [9.17, 15) is 13.5 Å². The maximum atomic E-state index is 12.7. The van der Waals surface area contributed by atoms with Crippen molar-refractivity contribution in [1.82, 2.24) is 14.5 Å². The second kappa shape index (κ2) is 10.5. The van der Waals surface area contributed by atoms with Crippen molar-refractivity contribution in [1.29, 1.82) is 0 Å². The van der Waals surface area contributed by atoms with Crippen molar-refractivity contribution < 1.29 is 22.4 Å². The first kappa shape index (κ1) is 27.6. The van der Waals surface area contributed by atoms with E-state index < -0.39 is 15.7 Å². The Hall–Kier alpha value is -4.25. The molecule has 1 saturated carbocycles. The molecule has 3 N–H and O–H groups in total. The van der Waals surface area contributed by atoms with Gasteiger partial charge in [0.05, 0.1) is 22.5 Å². The van der Waals surface area contributed by atoms with Crippen molar-refractivity contribution in [2.75, 3.05) is 12.3 Å². The van der Waals surface area contributed by atoms with E-state index in [4.69, 9.17) is 14.7 Å². The number of nitrogen functional groups attached to an aromatic ring is 1. The monoisotopic (exact) mass is 596 g/mol. The minimum atomic E-state index is -3.99. The summed E-state index contributed by atoms with van der Waals surface area (Å²) in [7, 11) is -3.99. The van der Waals surface area contributed by atoms with Crippen LogP contribution in [0.2, 0.25) is 0 Å². The highest BCUT2D eigenvalue weighted by molar-refractivity contribution is 7.86. The molecule has 5 aromatic rings. The second-order valence-corrected chi connectivity index (χ2v) is 13.2. The molecule has 1 aliphatic heterocycles. The summed E-state index contributed by atoms with van der Waals surface area (Å²) in [6.07, 6.45) is 5.85. The van der Waals surface area contributed by atoms with E-state index in [1.807, 2.05) is 35.9 Å². The first-order chi connectivity index (χ1) is 20.7. The number of aromatic nitrogens is 3. The van der Waals surface area contributed by atoms with Crippen LogP contribution in [0.25, 0.3) is 22.2 Å². The van der Waals surface area contributed by atoms with Crippen LogP contribution in [-0.4, -0.2) is 40.3 Å². The molecule has 2 aromatic heterocycles. The van der Waals surface area contributed by atoms with Crippen molar-refractivity contribution in [3.63, 3.8) is 0 Å². The van der Waals surface area contributed by atoms with Crippen LogP contribution >= 0.6 is 0 Å². The van der Waals surface area contributed by atoms with Crippen molar-refractivity contribution in [2.45, 2.75) is 55.2 Å². The predicted octanol–water partition coefficient (Wildman–Crippen LogP) is 5.53. The van der Waals surface area contributed by atoms with E-state index in [0.29, 0.717) is 24.3 Å². The number of hydrogen-bond donors (Lipinski definition) is 2. The molecule has 2 aliphatic rings. The molecule has 0 bridgehead atoms. The lowest BCUT2D eigenvalue weighted by molar-refractivity contribution is -0.0930. The number of ether oxygens (including phenoxy) is 1. The number of aliphatic hydroxyl groups is 1. The Morgan fingerprint density at radius 2 is 1.84 bits per heavy atom. The topological polar surface area (TPSA) is 130 Å². The third-order valence-corrected chi connectivity index (χ3v) is 9.83. The van der Waals surface area contributed by atoms with Crippen LogP contribution in [0.4, 0.5) is 5.82 Å². The summed E-state index contributed by atoms with van der Waals surface area (Å²) < 4.78 is 39.1. The summed E-state index contributed by atoms with van der Waals surface area (Å²) in [6, 6.07) is 22.8. The quantitative estimate of drug-likeness (QED) is 0.235. The molecule has 43 heavy (non-hydrogen) atoms. The molecule has 0 spiro atoms. The largest absolute Gasteiger partial charge is 0.485 e. The normalized spacial score (nSPS) is 21.6. The number of nitrogens with zero attached hydrogens (tertiary/aromatic N) is 3. The Bertz CT molecular complexity index is 1920.